The van der Waals surface area contributed by atoms with Crippen molar-refractivity contribution >= 4 is 15.7 Å². The lowest BCUT2D eigenvalue weighted by atomic mass is 10.1. The highest BCUT2D eigenvalue weighted by Gasteiger charge is 2.31. The van der Waals surface area contributed by atoms with Crippen molar-refractivity contribution in [2.45, 2.75) is 17.9 Å². The third-order valence-corrected chi connectivity index (χ3v) is 7.08. The Morgan fingerprint density at radius 3 is 1.97 bits per heavy atom. The molecule has 0 heterocycles. The van der Waals surface area contributed by atoms with Crippen molar-refractivity contribution in [1.29, 1.82) is 0 Å². The summed E-state index contributed by atoms with van der Waals surface area (Å²) in [5, 5.41) is 0. The quantitative estimate of drug-likeness (QED) is 0.465. The fourth-order valence-corrected chi connectivity index (χ4v) is 5.07. The molecule has 0 radical (unpaired) electrons. The lowest BCUT2D eigenvalue weighted by Crippen LogP contribution is -2.33. The largest absolute Gasteiger partial charge is 0.497 e. The molecule has 1 atom stereocenters. The zero-order valence-electron chi connectivity index (χ0n) is 18.7. The molecule has 0 bridgehead atoms. The summed E-state index contributed by atoms with van der Waals surface area (Å²) in [6, 6.07) is 18.1. The SMILES string of the molecule is COc1ccc(S(=O)(=O)N(c2ccc(OC)c(OC)c2)[C@H](C)c2cccc(OC)c2)cc1. The molecule has 0 amide bonds. The van der Waals surface area contributed by atoms with Crippen LogP contribution in [-0.4, -0.2) is 36.9 Å². The molecule has 0 N–H and O–H groups in total. The van der Waals surface area contributed by atoms with Crippen LogP contribution in [0.4, 0.5) is 5.69 Å². The van der Waals surface area contributed by atoms with Gasteiger partial charge in [0.25, 0.3) is 10.0 Å². The van der Waals surface area contributed by atoms with E-state index < -0.39 is 16.1 Å². The molecule has 0 spiro atoms. The van der Waals surface area contributed by atoms with Crippen LogP contribution in [0.3, 0.4) is 0 Å². The molecule has 3 rings (SSSR count). The summed E-state index contributed by atoms with van der Waals surface area (Å²) in [6.45, 7) is 1.83. The van der Waals surface area contributed by atoms with Gasteiger partial charge in [0.2, 0.25) is 0 Å². The van der Waals surface area contributed by atoms with Crippen molar-refractivity contribution in [1.82, 2.24) is 0 Å². The van der Waals surface area contributed by atoms with Crippen LogP contribution < -0.4 is 23.3 Å². The molecule has 0 saturated heterocycles. The maximum Gasteiger partial charge on any atom is 0.264 e. The fourth-order valence-electron chi connectivity index (χ4n) is 3.43. The van der Waals surface area contributed by atoms with Gasteiger partial charge in [-0.25, -0.2) is 8.42 Å². The number of sulfonamides is 1. The van der Waals surface area contributed by atoms with Gasteiger partial charge in [0.15, 0.2) is 11.5 Å². The molecule has 0 aliphatic carbocycles. The summed E-state index contributed by atoms with van der Waals surface area (Å²) < 4.78 is 50.3. The number of methoxy groups -OCH3 is 4. The Labute approximate surface area is 189 Å². The fraction of sp³-hybridized carbons (Fsp3) is 0.250. The van der Waals surface area contributed by atoms with E-state index in [1.54, 1.807) is 37.4 Å². The minimum absolute atomic E-state index is 0.142. The van der Waals surface area contributed by atoms with Gasteiger partial charge in [0.1, 0.15) is 11.5 Å². The summed E-state index contributed by atoms with van der Waals surface area (Å²) in [4.78, 5) is 0.142. The highest BCUT2D eigenvalue weighted by atomic mass is 32.2. The van der Waals surface area contributed by atoms with Gasteiger partial charge >= 0.3 is 0 Å². The van der Waals surface area contributed by atoms with Gasteiger partial charge in [0.05, 0.1) is 45.1 Å². The zero-order chi connectivity index (χ0) is 23.3. The third-order valence-electron chi connectivity index (χ3n) is 5.17. The molecule has 7 nitrogen and oxygen atoms in total. The average Bonchev–Trinajstić information content (AvgIpc) is 2.83. The topological polar surface area (TPSA) is 74.3 Å². The van der Waals surface area contributed by atoms with Crippen molar-refractivity contribution in [3.8, 4) is 23.0 Å². The summed E-state index contributed by atoms with van der Waals surface area (Å²) >= 11 is 0. The molecule has 0 aromatic heterocycles. The van der Waals surface area contributed by atoms with E-state index in [1.807, 2.05) is 31.2 Å². The Morgan fingerprint density at radius 2 is 1.38 bits per heavy atom. The standard InChI is InChI=1S/C24H27NO6S/c1-17(18-7-6-8-21(15-18)29-3)25(19-9-14-23(30-4)24(16-19)31-5)32(26,27)22-12-10-20(28-2)11-13-22/h6-17H,1-5H3/t17-/m1/s1. The van der Waals surface area contributed by atoms with Crippen LogP contribution in [0.1, 0.15) is 18.5 Å². The summed E-state index contributed by atoms with van der Waals surface area (Å²) in [7, 11) is 2.19. The Kier molecular flexibility index (Phi) is 7.15. The highest BCUT2D eigenvalue weighted by Crippen LogP contribution is 2.39. The lowest BCUT2D eigenvalue weighted by molar-refractivity contribution is 0.355. The van der Waals surface area contributed by atoms with Crippen LogP contribution in [0, 0.1) is 0 Å². The molecule has 3 aromatic rings. The van der Waals surface area contributed by atoms with Gasteiger partial charge in [-0.1, -0.05) is 12.1 Å². The molecule has 0 saturated carbocycles. The molecule has 0 unspecified atom stereocenters. The monoisotopic (exact) mass is 457 g/mol. The molecule has 0 fully saturated rings. The highest BCUT2D eigenvalue weighted by molar-refractivity contribution is 7.92. The minimum atomic E-state index is -3.95. The van der Waals surface area contributed by atoms with Crippen molar-refractivity contribution in [3.05, 3.63) is 72.3 Å². The number of hydrogen-bond acceptors (Lipinski definition) is 6. The van der Waals surface area contributed by atoms with Gasteiger partial charge in [0, 0.05) is 6.07 Å². The van der Waals surface area contributed by atoms with E-state index in [-0.39, 0.29) is 4.90 Å². The second kappa shape index (κ2) is 9.82. The molecule has 170 valence electrons. The minimum Gasteiger partial charge on any atom is -0.497 e. The maximum absolute atomic E-state index is 13.8. The first-order valence-electron chi connectivity index (χ1n) is 9.90. The first-order chi connectivity index (χ1) is 15.3. The van der Waals surface area contributed by atoms with Crippen molar-refractivity contribution in [3.63, 3.8) is 0 Å². The number of anilines is 1. The Bertz CT molecular complexity index is 1160. The molecule has 3 aromatic carbocycles. The van der Waals surface area contributed by atoms with Crippen LogP contribution in [-0.2, 0) is 10.0 Å². The molecule has 8 heteroatoms. The molecule has 0 aliphatic heterocycles. The Balaban J connectivity index is 2.18. The number of rotatable bonds is 9. The van der Waals surface area contributed by atoms with E-state index in [0.717, 1.165) is 5.56 Å². The Morgan fingerprint density at radius 1 is 0.719 bits per heavy atom. The second-order valence-electron chi connectivity index (χ2n) is 6.97. The van der Waals surface area contributed by atoms with E-state index in [4.69, 9.17) is 18.9 Å². The zero-order valence-corrected chi connectivity index (χ0v) is 19.5. The van der Waals surface area contributed by atoms with Crippen LogP contribution >= 0.6 is 0 Å². The number of hydrogen-bond donors (Lipinski definition) is 0. The Hall–Kier alpha value is -3.39. The average molecular weight is 458 g/mol. The molecule has 0 aliphatic rings. The van der Waals surface area contributed by atoms with E-state index in [2.05, 4.69) is 0 Å². The molecular formula is C24H27NO6S. The molecule has 32 heavy (non-hydrogen) atoms. The van der Waals surface area contributed by atoms with Crippen molar-refractivity contribution in [2.24, 2.45) is 0 Å². The van der Waals surface area contributed by atoms with Crippen LogP contribution in [0.25, 0.3) is 0 Å². The third kappa shape index (κ3) is 4.60. The van der Waals surface area contributed by atoms with E-state index in [1.165, 1.54) is 37.8 Å². The number of benzene rings is 3. The number of nitrogens with zero attached hydrogens (tertiary/aromatic N) is 1. The van der Waals surface area contributed by atoms with Crippen molar-refractivity contribution in [2.75, 3.05) is 32.7 Å². The van der Waals surface area contributed by atoms with E-state index >= 15 is 0 Å². The second-order valence-corrected chi connectivity index (χ2v) is 8.78. The van der Waals surface area contributed by atoms with Gasteiger partial charge < -0.3 is 18.9 Å². The smallest absolute Gasteiger partial charge is 0.264 e. The molecular weight excluding hydrogens is 430 g/mol. The van der Waals surface area contributed by atoms with Crippen LogP contribution in [0.15, 0.2) is 71.6 Å². The summed E-state index contributed by atoms with van der Waals surface area (Å²) in [6.07, 6.45) is 0. The first kappa shape index (κ1) is 23.3. The predicted molar refractivity (Wildman–Crippen MR) is 124 cm³/mol. The van der Waals surface area contributed by atoms with Crippen LogP contribution in [0.5, 0.6) is 23.0 Å². The van der Waals surface area contributed by atoms with Gasteiger partial charge in [-0.3, -0.25) is 4.31 Å². The summed E-state index contributed by atoms with van der Waals surface area (Å²) in [5.41, 5.74) is 1.21. The van der Waals surface area contributed by atoms with E-state index in [9.17, 15) is 8.42 Å². The van der Waals surface area contributed by atoms with Gasteiger partial charge in [-0.15, -0.1) is 0 Å². The summed E-state index contributed by atoms with van der Waals surface area (Å²) in [5.74, 6) is 2.15. The first-order valence-corrected chi connectivity index (χ1v) is 11.3. The van der Waals surface area contributed by atoms with Gasteiger partial charge in [-0.2, -0.15) is 0 Å². The van der Waals surface area contributed by atoms with E-state index in [0.29, 0.717) is 28.7 Å². The number of ether oxygens (including phenoxy) is 4. The van der Waals surface area contributed by atoms with Crippen LogP contribution in [0.2, 0.25) is 0 Å². The lowest BCUT2D eigenvalue weighted by Gasteiger charge is -2.31. The maximum atomic E-state index is 13.8. The van der Waals surface area contributed by atoms with Gasteiger partial charge in [-0.05, 0) is 61.0 Å². The van der Waals surface area contributed by atoms with Crippen molar-refractivity contribution < 1.29 is 27.4 Å². The predicted octanol–water partition coefficient (Wildman–Crippen LogP) is 4.68. The normalized spacial score (nSPS) is 12.0.